The van der Waals surface area contributed by atoms with Crippen molar-refractivity contribution in [2.24, 2.45) is 0 Å². The van der Waals surface area contributed by atoms with Crippen molar-refractivity contribution < 1.29 is 0 Å². The van der Waals surface area contributed by atoms with E-state index in [2.05, 4.69) is 0 Å². The predicted octanol–water partition coefficient (Wildman–Crippen LogP) is -1.08. The normalized spacial score (nSPS) is 0. The van der Waals surface area contributed by atoms with Crippen molar-refractivity contribution in [3.8, 4) is 0 Å². The molecule has 0 bridgehead atoms. The van der Waals surface area contributed by atoms with E-state index in [1.807, 2.05) is 0 Å². The molecular weight excluding hydrogens is 117 g/mol. The number of hydrogen-bond donors (Lipinski definition) is 0. The van der Waals surface area contributed by atoms with Gasteiger partial charge in [0.15, 0.2) is 0 Å². The third kappa shape index (κ3) is 9.27. The summed E-state index contributed by atoms with van der Waals surface area (Å²) < 4.78 is 0. The van der Waals surface area contributed by atoms with Crippen LogP contribution in [0.15, 0.2) is 0 Å². The van der Waals surface area contributed by atoms with Gasteiger partial charge >= 0.3 is 0 Å². The Kier molecular flexibility index (Phi) is 98.5. The zero-order chi connectivity index (χ0) is 0. The average Bonchev–Trinajstić information content (AvgIpc) is 0. The van der Waals surface area contributed by atoms with Gasteiger partial charge in [0, 0.05) is 104 Å². The summed E-state index contributed by atoms with van der Waals surface area (Å²) in [5.41, 5.74) is 0. The van der Waals surface area contributed by atoms with E-state index in [0.29, 0.717) is 0 Å². The number of rotatable bonds is 0. The van der Waals surface area contributed by atoms with Crippen LogP contribution in [-0.2, 0) is 0 Å². The molecule has 4 heavy (non-hydrogen) atoms. The fourth-order valence-corrected chi connectivity index (χ4v) is 0. The molecule has 1 unspecified atom stereocenters. The Bertz CT molecular complexity index is 8.00. The van der Waals surface area contributed by atoms with E-state index < -0.39 is 0 Å². The van der Waals surface area contributed by atoms with Crippen molar-refractivity contribution in [2.45, 2.75) is 0 Å². The van der Waals surface area contributed by atoms with Crippen LogP contribution in [0.1, 0.15) is 0 Å². The maximum Gasteiger partial charge on any atom is 0 e. The summed E-state index contributed by atoms with van der Waals surface area (Å²) in [6.45, 7) is 0. The molecule has 0 nitrogen and oxygen atoms in total. The van der Waals surface area contributed by atoms with Gasteiger partial charge in [0.2, 0.25) is 0 Å². The van der Waals surface area contributed by atoms with E-state index in [1.165, 1.54) is 0 Å². The summed E-state index contributed by atoms with van der Waals surface area (Å²) in [6, 6.07) is 0. The minimum atomic E-state index is 0. The third-order valence-electron chi connectivity index (χ3n) is 0. The molecule has 4 radical (unpaired) electrons. The second-order valence-corrected chi connectivity index (χ2v) is 0. The third-order valence-corrected chi connectivity index (χ3v) is 0. The van der Waals surface area contributed by atoms with Gasteiger partial charge in [-0.3, -0.25) is 0 Å². The smallest absolute Gasteiger partial charge is 0 e. The molecule has 0 saturated carbocycles. The van der Waals surface area contributed by atoms with Crippen molar-refractivity contribution in [1.82, 2.24) is 0 Å². The van der Waals surface area contributed by atoms with Crippen LogP contribution in [0.4, 0.5) is 0 Å². The molecule has 0 fully saturated rings. The fourth-order valence-electron chi connectivity index (χ4n) is 0. The van der Waals surface area contributed by atoms with Gasteiger partial charge in [-0.1, -0.05) is 0 Å². The molecule has 0 amide bonds. The van der Waals surface area contributed by atoms with Gasteiger partial charge in [-0.05, 0) is 0 Å². The van der Waals surface area contributed by atoms with Crippen LogP contribution in [0.5, 0.6) is 0 Å². The largest absolute Gasteiger partial charge is 0.153 e. The monoisotopic (exact) mass is 120 g/mol. The molecule has 0 saturated heterocycles. The average molecular weight is 120 g/mol. The van der Waals surface area contributed by atoms with E-state index in [9.17, 15) is 0 Å². The molecule has 0 rings (SSSR count). The second-order valence-electron chi connectivity index (χ2n) is 0. The van der Waals surface area contributed by atoms with Crippen LogP contribution in [0.2, 0.25) is 0 Å². The number of hydrogen-bond acceptors (Lipinski definition) is 0. The van der Waals surface area contributed by atoms with Gasteiger partial charge in [-0.25, -0.2) is 0 Å². The first kappa shape index (κ1) is 24.9. The zero-order valence-electron chi connectivity index (χ0n) is 3.41. The Morgan fingerprint density at radius 2 is 1.00 bits per heavy atom. The van der Waals surface area contributed by atoms with Gasteiger partial charge in [-0.2, -0.15) is 9.90 Å². The maximum absolute atomic E-state index is 0. The van der Waals surface area contributed by atoms with Gasteiger partial charge in [0.05, 0.1) is 0 Å². The summed E-state index contributed by atoms with van der Waals surface area (Å²) in [7, 11) is 0. The fraction of sp³-hybridized carbons (Fsp3) is 0. The molecule has 0 aromatic rings. The zero-order valence-corrected chi connectivity index (χ0v) is 11.4. The molecule has 0 aromatic heterocycles. The van der Waals surface area contributed by atoms with Crippen LogP contribution in [0.25, 0.3) is 0 Å². The molecule has 0 aliphatic rings. The Hall–Kier alpha value is 3.83. The minimum absolute atomic E-state index is 0. The predicted molar refractivity (Wildman–Crippen MR) is 28.4 cm³/mol. The minimum Gasteiger partial charge on any atom is -0.153 e. The molecule has 1 atom stereocenters. The Labute approximate surface area is 111 Å². The van der Waals surface area contributed by atoms with E-state index in [1.54, 1.807) is 0 Å². The molecule has 0 N–H and O–H groups in total. The summed E-state index contributed by atoms with van der Waals surface area (Å²) >= 11 is 0. The molecule has 0 spiro atoms. The van der Waals surface area contributed by atoms with Crippen LogP contribution >= 0.6 is 9.90 Å². The summed E-state index contributed by atoms with van der Waals surface area (Å²) in [5.74, 6) is 0. The molecule has 0 heterocycles. The van der Waals surface area contributed by atoms with Crippen molar-refractivity contribution in [1.29, 1.82) is 0 Å². The Balaban J connectivity index is 0. The molecule has 0 aliphatic heterocycles. The molecule has 12 valence electrons. The standard InChI is InChI=1S/K.Mg.Na.H3P/h;;;1H3. The van der Waals surface area contributed by atoms with E-state index in [-0.39, 0.29) is 114 Å². The van der Waals surface area contributed by atoms with Crippen LogP contribution < -0.4 is 0 Å². The van der Waals surface area contributed by atoms with Crippen LogP contribution in [0, 0.1) is 0 Å². The van der Waals surface area contributed by atoms with E-state index in [4.69, 9.17) is 0 Å². The summed E-state index contributed by atoms with van der Waals surface area (Å²) in [5, 5.41) is 0. The summed E-state index contributed by atoms with van der Waals surface area (Å²) in [4.78, 5) is 0. The van der Waals surface area contributed by atoms with Crippen molar-refractivity contribution >= 4 is 114 Å². The Morgan fingerprint density at radius 1 is 1.00 bits per heavy atom. The van der Waals surface area contributed by atoms with Crippen molar-refractivity contribution in [3.63, 3.8) is 0 Å². The Morgan fingerprint density at radius 3 is 1.00 bits per heavy atom. The van der Waals surface area contributed by atoms with Crippen molar-refractivity contribution in [2.75, 3.05) is 0 Å². The maximum atomic E-state index is 0. The van der Waals surface area contributed by atoms with E-state index >= 15 is 0 Å². The van der Waals surface area contributed by atoms with Crippen LogP contribution in [0.3, 0.4) is 0 Å². The first-order valence-electron chi connectivity index (χ1n) is 0. The molecule has 0 aromatic carbocycles. The van der Waals surface area contributed by atoms with Gasteiger partial charge in [-0.15, -0.1) is 0 Å². The first-order chi connectivity index (χ1) is 0. The van der Waals surface area contributed by atoms with E-state index in [0.717, 1.165) is 0 Å². The SMILES string of the molecule is P.[K].[Mg].[Na]. The first-order valence-corrected chi connectivity index (χ1v) is 0. The van der Waals surface area contributed by atoms with Gasteiger partial charge in [0.25, 0.3) is 0 Å². The molecule has 0 aliphatic carbocycles. The summed E-state index contributed by atoms with van der Waals surface area (Å²) in [6.07, 6.45) is 0. The second kappa shape index (κ2) is 15.8. The topological polar surface area (TPSA) is 0 Å². The van der Waals surface area contributed by atoms with Gasteiger partial charge in [0.1, 0.15) is 0 Å². The quantitative estimate of drug-likeness (QED) is 0.282. The molecular formula is H3KMgNaP. The van der Waals surface area contributed by atoms with Crippen molar-refractivity contribution in [3.05, 3.63) is 0 Å². The van der Waals surface area contributed by atoms with Crippen LogP contribution in [-0.4, -0.2) is 104 Å². The van der Waals surface area contributed by atoms with Gasteiger partial charge < -0.3 is 0 Å². The molecule has 4 heteroatoms.